The molecule has 4 rings (SSSR count). The summed E-state index contributed by atoms with van der Waals surface area (Å²) in [7, 11) is 0. The predicted molar refractivity (Wildman–Crippen MR) is 116 cm³/mol. The Hall–Kier alpha value is -3.32. The minimum atomic E-state index is -0.391. The number of carbonyl (C=O) groups excluding carboxylic acids is 1. The summed E-state index contributed by atoms with van der Waals surface area (Å²) in [6.45, 7) is 4.96. The maximum Gasteiger partial charge on any atom is 0.355 e. The number of nitrogens with zero attached hydrogens (tertiary/aromatic N) is 3. The molecule has 0 fully saturated rings. The average Bonchev–Trinajstić information content (AvgIpc) is 3.30. The zero-order valence-electron chi connectivity index (χ0n) is 16.7. The summed E-state index contributed by atoms with van der Waals surface area (Å²) in [4.78, 5) is 17.6. The van der Waals surface area contributed by atoms with Gasteiger partial charge in [0, 0.05) is 35.9 Å². The number of halogens is 1. The molecule has 0 saturated heterocycles. The van der Waals surface area contributed by atoms with E-state index in [-0.39, 0.29) is 6.61 Å². The van der Waals surface area contributed by atoms with E-state index in [1.165, 1.54) is 0 Å². The van der Waals surface area contributed by atoms with Crippen LogP contribution >= 0.6 is 11.6 Å². The predicted octanol–water partition coefficient (Wildman–Crippen LogP) is 4.94. The third-order valence-electron chi connectivity index (χ3n) is 4.69. The number of benzene rings is 1. The topological polar surface area (TPSA) is 82.2 Å². The summed E-state index contributed by atoms with van der Waals surface area (Å²) in [5.41, 5.74) is 3.64. The molecule has 0 radical (unpaired) electrons. The zero-order chi connectivity index (χ0) is 21.1. The number of esters is 1. The second-order valence-corrected chi connectivity index (χ2v) is 7.16. The van der Waals surface area contributed by atoms with E-state index < -0.39 is 5.97 Å². The first-order valence-corrected chi connectivity index (χ1v) is 10.0. The largest absolute Gasteiger partial charge is 0.461 e. The molecular formula is C22H21ClN4O3. The fourth-order valence-electron chi connectivity index (χ4n) is 3.45. The average molecular weight is 425 g/mol. The Balaban J connectivity index is 1.80. The van der Waals surface area contributed by atoms with Crippen LogP contribution in [0.5, 0.6) is 0 Å². The van der Waals surface area contributed by atoms with Crippen LogP contribution in [-0.2, 0) is 11.3 Å². The van der Waals surface area contributed by atoms with Crippen LogP contribution in [0.15, 0.2) is 53.2 Å². The summed E-state index contributed by atoms with van der Waals surface area (Å²) in [5, 5.41) is 7.79. The van der Waals surface area contributed by atoms with Gasteiger partial charge in [0.15, 0.2) is 5.82 Å². The molecule has 3 heterocycles. The minimum Gasteiger partial charge on any atom is -0.461 e. The summed E-state index contributed by atoms with van der Waals surface area (Å²) < 4.78 is 12.4. The number of hydrogen-bond donors (Lipinski definition) is 1. The number of rotatable bonds is 7. The zero-order valence-corrected chi connectivity index (χ0v) is 17.4. The molecular weight excluding hydrogens is 404 g/mol. The van der Waals surface area contributed by atoms with Crippen molar-refractivity contribution in [3.63, 3.8) is 0 Å². The monoisotopic (exact) mass is 424 g/mol. The Labute approximate surface area is 178 Å². The van der Waals surface area contributed by atoms with Crippen molar-refractivity contribution in [3.8, 4) is 11.1 Å². The Kier molecular flexibility index (Phi) is 5.72. The van der Waals surface area contributed by atoms with E-state index in [0.29, 0.717) is 29.6 Å². The molecule has 3 aromatic heterocycles. The lowest BCUT2D eigenvalue weighted by Gasteiger charge is -2.12. The van der Waals surface area contributed by atoms with E-state index in [4.69, 9.17) is 20.9 Å². The number of aromatic nitrogens is 3. The number of hydrogen-bond acceptors (Lipinski definition) is 6. The van der Waals surface area contributed by atoms with Gasteiger partial charge in [-0.1, -0.05) is 28.9 Å². The van der Waals surface area contributed by atoms with Gasteiger partial charge in [0.25, 0.3) is 0 Å². The number of pyridine rings is 1. The van der Waals surface area contributed by atoms with Gasteiger partial charge in [-0.3, -0.25) is 4.98 Å². The van der Waals surface area contributed by atoms with Crippen LogP contribution in [0.1, 0.15) is 23.2 Å². The normalized spacial score (nSPS) is 11.0. The molecule has 0 atom stereocenters. The van der Waals surface area contributed by atoms with Crippen LogP contribution in [0.4, 0.5) is 5.82 Å². The highest BCUT2D eigenvalue weighted by Crippen LogP contribution is 2.35. The second kappa shape index (κ2) is 8.59. The quantitative estimate of drug-likeness (QED) is 0.423. The fourth-order valence-corrected chi connectivity index (χ4v) is 3.58. The van der Waals surface area contributed by atoms with Crippen LogP contribution in [0, 0.1) is 6.92 Å². The first kappa shape index (κ1) is 20.0. The molecule has 1 aromatic carbocycles. The van der Waals surface area contributed by atoms with E-state index >= 15 is 0 Å². The SMILES string of the molecule is CCOC(=O)c1c(-c2ccc(Cl)cc2)c2ncccc2n1CCNc1cc(C)on1. The minimum absolute atomic E-state index is 0.282. The van der Waals surface area contributed by atoms with Gasteiger partial charge in [0.1, 0.15) is 11.5 Å². The maximum absolute atomic E-state index is 13.0. The van der Waals surface area contributed by atoms with Crippen molar-refractivity contribution in [1.29, 1.82) is 0 Å². The maximum atomic E-state index is 13.0. The number of aryl methyl sites for hydroxylation is 1. The number of ether oxygens (including phenoxy) is 1. The Morgan fingerprint density at radius 2 is 2.07 bits per heavy atom. The van der Waals surface area contributed by atoms with E-state index in [9.17, 15) is 4.79 Å². The molecule has 0 spiro atoms. The third-order valence-corrected chi connectivity index (χ3v) is 4.94. The van der Waals surface area contributed by atoms with Crippen molar-refractivity contribution in [1.82, 2.24) is 14.7 Å². The molecule has 7 nitrogen and oxygen atoms in total. The number of anilines is 1. The number of nitrogens with one attached hydrogen (secondary N) is 1. The van der Waals surface area contributed by atoms with Gasteiger partial charge in [-0.15, -0.1) is 0 Å². The van der Waals surface area contributed by atoms with Crippen LogP contribution in [0.3, 0.4) is 0 Å². The molecule has 0 amide bonds. The first-order chi connectivity index (χ1) is 14.6. The summed E-state index contributed by atoms with van der Waals surface area (Å²) in [6, 6.07) is 13.0. The lowest BCUT2D eigenvalue weighted by molar-refractivity contribution is 0.0515. The molecule has 30 heavy (non-hydrogen) atoms. The summed E-state index contributed by atoms with van der Waals surface area (Å²) >= 11 is 6.07. The summed E-state index contributed by atoms with van der Waals surface area (Å²) in [6.07, 6.45) is 1.72. The highest BCUT2D eigenvalue weighted by Gasteiger charge is 2.25. The van der Waals surface area contributed by atoms with E-state index in [2.05, 4.69) is 15.5 Å². The van der Waals surface area contributed by atoms with E-state index in [1.54, 1.807) is 25.3 Å². The van der Waals surface area contributed by atoms with Crippen molar-refractivity contribution in [2.24, 2.45) is 0 Å². The summed E-state index contributed by atoms with van der Waals surface area (Å²) in [5.74, 6) is 0.987. The van der Waals surface area contributed by atoms with Crippen LogP contribution in [-0.4, -0.2) is 33.8 Å². The van der Waals surface area contributed by atoms with Crippen LogP contribution < -0.4 is 5.32 Å². The molecule has 154 valence electrons. The van der Waals surface area contributed by atoms with Gasteiger partial charge in [0.2, 0.25) is 0 Å². The Morgan fingerprint density at radius 1 is 1.27 bits per heavy atom. The lowest BCUT2D eigenvalue weighted by Crippen LogP contribution is -2.17. The smallest absolute Gasteiger partial charge is 0.355 e. The Bertz CT molecular complexity index is 1180. The molecule has 0 unspecified atom stereocenters. The standard InChI is InChI=1S/C22H21ClN4O3/c1-3-29-22(28)21-19(15-6-8-16(23)9-7-15)20-17(5-4-10-25-20)27(21)12-11-24-18-13-14(2)30-26-18/h4-10,13H,3,11-12H2,1-2H3,(H,24,26). The molecule has 0 aliphatic carbocycles. The number of fused-ring (bicyclic) bond motifs is 1. The molecule has 0 aliphatic heterocycles. The van der Waals surface area contributed by atoms with Gasteiger partial charge >= 0.3 is 5.97 Å². The molecule has 1 N–H and O–H groups in total. The first-order valence-electron chi connectivity index (χ1n) is 9.66. The van der Waals surface area contributed by atoms with E-state index in [1.807, 2.05) is 41.8 Å². The van der Waals surface area contributed by atoms with Crippen molar-refractivity contribution in [2.75, 3.05) is 18.5 Å². The molecule has 4 aromatic rings. The molecule has 0 aliphatic rings. The highest BCUT2D eigenvalue weighted by molar-refractivity contribution is 6.30. The molecule has 0 bridgehead atoms. The lowest BCUT2D eigenvalue weighted by atomic mass is 10.0. The van der Waals surface area contributed by atoms with Gasteiger partial charge < -0.3 is 19.1 Å². The van der Waals surface area contributed by atoms with Crippen molar-refractivity contribution < 1.29 is 14.1 Å². The van der Waals surface area contributed by atoms with Crippen molar-refractivity contribution >= 4 is 34.4 Å². The van der Waals surface area contributed by atoms with Gasteiger partial charge in [-0.2, -0.15) is 0 Å². The fraction of sp³-hybridized carbons (Fsp3) is 0.227. The molecule has 0 saturated carbocycles. The van der Waals surface area contributed by atoms with Gasteiger partial charge in [-0.05, 0) is 43.7 Å². The van der Waals surface area contributed by atoms with Crippen LogP contribution in [0.25, 0.3) is 22.2 Å². The van der Waals surface area contributed by atoms with Crippen LogP contribution in [0.2, 0.25) is 5.02 Å². The third kappa shape index (κ3) is 3.89. The number of carbonyl (C=O) groups is 1. The van der Waals surface area contributed by atoms with Gasteiger partial charge in [0.05, 0.1) is 17.6 Å². The van der Waals surface area contributed by atoms with Gasteiger partial charge in [-0.25, -0.2) is 4.79 Å². The second-order valence-electron chi connectivity index (χ2n) is 6.72. The Morgan fingerprint density at radius 3 is 2.77 bits per heavy atom. The highest BCUT2D eigenvalue weighted by atomic mass is 35.5. The molecule has 8 heteroatoms. The van der Waals surface area contributed by atoms with Crippen molar-refractivity contribution in [2.45, 2.75) is 20.4 Å². The van der Waals surface area contributed by atoms with Crippen molar-refractivity contribution in [3.05, 3.63) is 65.1 Å². The van der Waals surface area contributed by atoms with E-state index in [0.717, 1.165) is 27.9 Å².